The van der Waals surface area contributed by atoms with Crippen LogP contribution in [0.4, 0.5) is 0 Å². The standard InChI is InChI=1S/C17H18ClNO2S2/c1-2-13-3-9-16(10-4-13)23(20,21)19-11-12-22-17(19)14-5-7-15(18)8-6-14/h3-10,17H,2,11-12H2,1H3/t17-/m1/s1. The number of nitrogens with zero attached hydrogens (tertiary/aromatic N) is 1. The first kappa shape index (κ1) is 16.8. The van der Waals surface area contributed by atoms with E-state index in [1.807, 2.05) is 24.3 Å². The molecule has 122 valence electrons. The van der Waals surface area contributed by atoms with Crippen LogP contribution < -0.4 is 0 Å². The average molecular weight is 368 g/mol. The van der Waals surface area contributed by atoms with Crippen LogP contribution in [0.15, 0.2) is 53.4 Å². The summed E-state index contributed by atoms with van der Waals surface area (Å²) in [5, 5.41) is 0.462. The van der Waals surface area contributed by atoms with Crippen molar-refractivity contribution in [3.63, 3.8) is 0 Å². The zero-order chi connectivity index (χ0) is 16.4. The maximum absolute atomic E-state index is 13.0. The first-order valence-corrected chi connectivity index (χ1v) is 10.4. The Bertz CT molecular complexity index is 773. The fourth-order valence-corrected chi connectivity index (χ4v) is 5.99. The van der Waals surface area contributed by atoms with Crippen LogP contribution in [0.1, 0.15) is 23.4 Å². The molecule has 0 aliphatic carbocycles. The number of hydrogen-bond donors (Lipinski definition) is 0. The van der Waals surface area contributed by atoms with Crippen molar-refractivity contribution in [3.8, 4) is 0 Å². The van der Waals surface area contributed by atoms with E-state index in [1.54, 1.807) is 40.3 Å². The van der Waals surface area contributed by atoms with Gasteiger partial charge in [0, 0.05) is 17.3 Å². The first-order chi connectivity index (χ1) is 11.0. The molecule has 0 amide bonds. The summed E-state index contributed by atoms with van der Waals surface area (Å²) in [5.74, 6) is 0.791. The number of benzene rings is 2. The van der Waals surface area contributed by atoms with Crippen molar-refractivity contribution < 1.29 is 8.42 Å². The molecule has 0 bridgehead atoms. The van der Waals surface area contributed by atoms with E-state index in [2.05, 4.69) is 6.92 Å². The Hall–Kier alpha value is -1.01. The van der Waals surface area contributed by atoms with E-state index in [4.69, 9.17) is 11.6 Å². The predicted molar refractivity (Wildman–Crippen MR) is 96.4 cm³/mol. The Morgan fingerprint density at radius 3 is 2.39 bits per heavy atom. The number of halogens is 1. The number of thioether (sulfide) groups is 1. The third-order valence-electron chi connectivity index (χ3n) is 3.94. The van der Waals surface area contributed by atoms with Gasteiger partial charge in [-0.15, -0.1) is 11.8 Å². The SMILES string of the molecule is CCc1ccc(S(=O)(=O)N2CCS[C@@H]2c2ccc(Cl)cc2)cc1. The van der Waals surface area contributed by atoms with Crippen molar-refractivity contribution in [2.75, 3.05) is 12.3 Å². The second kappa shape index (κ2) is 6.85. The highest BCUT2D eigenvalue weighted by Crippen LogP contribution is 2.41. The van der Waals surface area contributed by atoms with Crippen LogP contribution in [0, 0.1) is 0 Å². The lowest BCUT2D eigenvalue weighted by Gasteiger charge is -2.23. The maximum Gasteiger partial charge on any atom is 0.244 e. The zero-order valence-electron chi connectivity index (χ0n) is 12.8. The van der Waals surface area contributed by atoms with E-state index in [0.29, 0.717) is 16.5 Å². The molecular weight excluding hydrogens is 350 g/mol. The highest BCUT2D eigenvalue weighted by Gasteiger charge is 2.36. The summed E-state index contributed by atoms with van der Waals surface area (Å²) >= 11 is 7.57. The van der Waals surface area contributed by atoms with Gasteiger partial charge in [0.2, 0.25) is 10.0 Å². The molecule has 1 saturated heterocycles. The molecular formula is C17H18ClNO2S2. The Kier molecular flexibility index (Phi) is 5.01. The van der Waals surface area contributed by atoms with E-state index in [1.165, 1.54) is 0 Å². The molecule has 3 rings (SSSR count). The fraction of sp³-hybridized carbons (Fsp3) is 0.294. The van der Waals surface area contributed by atoms with Crippen molar-refractivity contribution in [2.24, 2.45) is 0 Å². The first-order valence-electron chi connectivity index (χ1n) is 7.50. The normalized spacial score (nSPS) is 19.1. The van der Waals surface area contributed by atoms with Crippen LogP contribution in [0.3, 0.4) is 0 Å². The Balaban J connectivity index is 1.92. The van der Waals surface area contributed by atoms with Gasteiger partial charge in [0.1, 0.15) is 0 Å². The molecule has 0 unspecified atom stereocenters. The molecule has 0 saturated carbocycles. The van der Waals surface area contributed by atoms with Crippen LogP contribution >= 0.6 is 23.4 Å². The van der Waals surface area contributed by atoms with Crippen LogP contribution in [0.2, 0.25) is 5.02 Å². The van der Waals surface area contributed by atoms with Gasteiger partial charge >= 0.3 is 0 Å². The summed E-state index contributed by atoms with van der Waals surface area (Å²) in [6.07, 6.45) is 0.896. The number of hydrogen-bond acceptors (Lipinski definition) is 3. The highest BCUT2D eigenvalue weighted by atomic mass is 35.5. The third-order valence-corrected chi connectivity index (χ3v) is 7.47. The average Bonchev–Trinajstić information content (AvgIpc) is 3.06. The molecule has 3 nitrogen and oxygen atoms in total. The van der Waals surface area contributed by atoms with E-state index in [0.717, 1.165) is 23.3 Å². The Morgan fingerprint density at radius 1 is 1.13 bits per heavy atom. The lowest BCUT2D eigenvalue weighted by atomic mass is 10.2. The van der Waals surface area contributed by atoms with Crippen molar-refractivity contribution in [1.82, 2.24) is 4.31 Å². The van der Waals surface area contributed by atoms with E-state index < -0.39 is 10.0 Å². The van der Waals surface area contributed by atoms with Crippen molar-refractivity contribution in [2.45, 2.75) is 23.6 Å². The summed E-state index contributed by atoms with van der Waals surface area (Å²) in [6, 6.07) is 14.6. The number of aryl methyl sites for hydroxylation is 1. The molecule has 0 radical (unpaired) electrons. The van der Waals surface area contributed by atoms with Gasteiger partial charge in [-0.1, -0.05) is 42.8 Å². The van der Waals surface area contributed by atoms with E-state index in [9.17, 15) is 8.42 Å². The smallest absolute Gasteiger partial charge is 0.207 e. The lowest BCUT2D eigenvalue weighted by molar-refractivity contribution is 0.434. The molecule has 0 spiro atoms. The molecule has 0 aromatic heterocycles. The quantitative estimate of drug-likeness (QED) is 0.806. The van der Waals surface area contributed by atoms with Gasteiger partial charge in [-0.25, -0.2) is 8.42 Å². The second-order valence-corrected chi connectivity index (χ2v) is 8.90. The summed E-state index contributed by atoms with van der Waals surface area (Å²) in [6.45, 7) is 2.58. The Morgan fingerprint density at radius 2 is 1.78 bits per heavy atom. The molecule has 0 N–H and O–H groups in total. The molecule has 23 heavy (non-hydrogen) atoms. The number of sulfonamides is 1. The van der Waals surface area contributed by atoms with Gasteiger partial charge in [-0.05, 0) is 41.8 Å². The molecule has 6 heteroatoms. The van der Waals surface area contributed by atoms with Crippen molar-refractivity contribution >= 4 is 33.4 Å². The molecule has 2 aromatic carbocycles. The summed E-state index contributed by atoms with van der Waals surface area (Å²) in [5.41, 5.74) is 2.10. The van der Waals surface area contributed by atoms with Gasteiger partial charge in [0.05, 0.1) is 10.3 Å². The summed E-state index contributed by atoms with van der Waals surface area (Å²) in [7, 11) is -3.49. The minimum absolute atomic E-state index is 0.192. The largest absolute Gasteiger partial charge is 0.244 e. The molecule has 1 aliphatic heterocycles. The molecule has 1 fully saturated rings. The third kappa shape index (κ3) is 3.43. The molecule has 1 aliphatic rings. The van der Waals surface area contributed by atoms with Gasteiger partial charge in [0.25, 0.3) is 0 Å². The van der Waals surface area contributed by atoms with Crippen molar-refractivity contribution in [3.05, 3.63) is 64.7 Å². The second-order valence-electron chi connectivity index (χ2n) is 5.39. The van der Waals surface area contributed by atoms with Crippen molar-refractivity contribution in [1.29, 1.82) is 0 Å². The predicted octanol–water partition coefficient (Wildman–Crippen LogP) is 4.34. The highest BCUT2D eigenvalue weighted by molar-refractivity contribution is 8.01. The fourth-order valence-electron chi connectivity index (χ4n) is 2.62. The minimum Gasteiger partial charge on any atom is -0.207 e. The zero-order valence-corrected chi connectivity index (χ0v) is 15.2. The molecule has 1 atom stereocenters. The van der Waals surface area contributed by atoms with E-state index in [-0.39, 0.29) is 5.37 Å². The van der Waals surface area contributed by atoms with Gasteiger partial charge in [-0.3, -0.25) is 0 Å². The number of rotatable bonds is 4. The van der Waals surface area contributed by atoms with Crippen LogP contribution in [0.25, 0.3) is 0 Å². The van der Waals surface area contributed by atoms with Gasteiger partial charge in [0.15, 0.2) is 0 Å². The minimum atomic E-state index is -3.49. The van der Waals surface area contributed by atoms with Crippen LogP contribution in [-0.2, 0) is 16.4 Å². The molecule has 2 aromatic rings. The summed E-state index contributed by atoms with van der Waals surface area (Å²) in [4.78, 5) is 0.358. The Labute approximate surface area is 146 Å². The van der Waals surface area contributed by atoms with Gasteiger partial charge < -0.3 is 0 Å². The lowest BCUT2D eigenvalue weighted by Crippen LogP contribution is -2.30. The maximum atomic E-state index is 13.0. The van der Waals surface area contributed by atoms with E-state index >= 15 is 0 Å². The molecule has 1 heterocycles. The summed E-state index contributed by atoms with van der Waals surface area (Å²) < 4.78 is 27.5. The van der Waals surface area contributed by atoms with Crippen LogP contribution in [0.5, 0.6) is 0 Å². The topological polar surface area (TPSA) is 37.4 Å². The monoisotopic (exact) mass is 367 g/mol. The van der Waals surface area contributed by atoms with Gasteiger partial charge in [-0.2, -0.15) is 4.31 Å². The van der Waals surface area contributed by atoms with Crippen LogP contribution in [-0.4, -0.2) is 25.0 Å².